The molecule has 0 saturated carbocycles. The minimum absolute atomic E-state index is 0.0120. The lowest BCUT2D eigenvalue weighted by Gasteiger charge is -2.51. The zero-order valence-corrected chi connectivity index (χ0v) is 40.7. The van der Waals surface area contributed by atoms with Crippen LogP contribution in [0, 0.1) is 0 Å². The van der Waals surface area contributed by atoms with Gasteiger partial charge in [0, 0.05) is 5.22 Å². The average Bonchev–Trinajstić information content (AvgIpc) is 2.53. The van der Waals surface area contributed by atoms with Crippen molar-refractivity contribution in [3.05, 3.63) is 0 Å². The van der Waals surface area contributed by atoms with Gasteiger partial charge in [0.25, 0.3) is 0 Å². The number of hydrogen-bond acceptors (Lipinski definition) is 3. The standard InChI is InChI=1S/2C12H30OSi2.C9H24OSi2/c2*1-11(2,13-15(8,9)10)12(3,4)14(5,6)7;1-9(2,11(3,4)5)10-12(6,7)8/h2*1-10H3;1-8H3. The van der Waals surface area contributed by atoms with E-state index in [0.717, 1.165) is 0 Å². The molecule has 0 aromatic carbocycles. The fourth-order valence-corrected chi connectivity index (χ4v) is 15.7. The normalized spacial score (nSPS) is 15.4. The summed E-state index contributed by atoms with van der Waals surface area (Å²) < 4.78 is 19.0. The molecular formula is C33H84O3Si6. The van der Waals surface area contributed by atoms with Gasteiger partial charge in [0.1, 0.15) is 0 Å². The van der Waals surface area contributed by atoms with E-state index in [0.29, 0.717) is 10.1 Å². The molecular weight excluding hydrogens is 613 g/mol. The Morgan fingerprint density at radius 1 is 0.286 bits per heavy atom. The molecule has 9 heteroatoms. The largest absolute Gasteiger partial charge is 0.415 e. The predicted molar refractivity (Wildman–Crippen MR) is 214 cm³/mol. The zero-order chi connectivity index (χ0) is 35.6. The van der Waals surface area contributed by atoms with Crippen LogP contribution in [0.2, 0.25) is 128 Å². The molecule has 0 spiro atoms. The second-order valence-corrected chi connectivity index (χ2v) is 51.7. The Kier molecular flexibility index (Phi) is 16.5. The van der Waals surface area contributed by atoms with Crippen LogP contribution in [0.1, 0.15) is 69.2 Å². The summed E-state index contributed by atoms with van der Waals surface area (Å²) >= 11 is 0. The topological polar surface area (TPSA) is 27.7 Å². The predicted octanol–water partition coefficient (Wildman–Crippen LogP) is 13.0. The van der Waals surface area contributed by atoms with Crippen molar-refractivity contribution in [3.63, 3.8) is 0 Å². The van der Waals surface area contributed by atoms with Crippen molar-refractivity contribution >= 4 is 49.2 Å². The van der Waals surface area contributed by atoms with Crippen molar-refractivity contribution in [1.29, 1.82) is 0 Å². The van der Waals surface area contributed by atoms with Gasteiger partial charge in [0.2, 0.25) is 0 Å². The van der Waals surface area contributed by atoms with Crippen molar-refractivity contribution in [3.8, 4) is 0 Å². The molecule has 42 heavy (non-hydrogen) atoms. The summed E-state index contributed by atoms with van der Waals surface area (Å²) in [6.07, 6.45) is 0. The molecule has 0 radical (unpaired) electrons. The van der Waals surface area contributed by atoms with E-state index in [1.165, 1.54) is 0 Å². The first-order valence-electron chi connectivity index (χ1n) is 16.5. The van der Waals surface area contributed by atoms with Gasteiger partial charge in [0.15, 0.2) is 25.0 Å². The highest BCUT2D eigenvalue weighted by molar-refractivity contribution is 6.81. The first kappa shape index (κ1) is 47.6. The number of hydrogen-bond donors (Lipinski definition) is 0. The summed E-state index contributed by atoms with van der Waals surface area (Å²) in [6.45, 7) is 65.2. The van der Waals surface area contributed by atoms with Crippen molar-refractivity contribution in [2.24, 2.45) is 0 Å². The molecule has 0 atom stereocenters. The molecule has 0 aromatic rings. The summed E-state index contributed by atoms with van der Waals surface area (Å²) in [5.41, 5.74) is -0.0239. The molecule has 0 heterocycles. The lowest BCUT2D eigenvalue weighted by atomic mass is 9.93. The Morgan fingerprint density at radius 2 is 0.476 bits per heavy atom. The van der Waals surface area contributed by atoms with E-state index in [4.69, 9.17) is 13.3 Å². The molecule has 0 aliphatic heterocycles. The molecule has 3 nitrogen and oxygen atoms in total. The third kappa shape index (κ3) is 16.1. The molecule has 0 saturated heterocycles. The summed E-state index contributed by atoms with van der Waals surface area (Å²) in [5, 5.41) is 0.706. The van der Waals surface area contributed by atoms with Crippen LogP contribution in [-0.2, 0) is 13.3 Å². The molecule has 0 aliphatic rings. The van der Waals surface area contributed by atoms with E-state index in [-0.39, 0.29) is 16.4 Å². The van der Waals surface area contributed by atoms with Gasteiger partial charge < -0.3 is 13.3 Å². The molecule has 0 aliphatic carbocycles. The average molecular weight is 698 g/mol. The van der Waals surface area contributed by atoms with Gasteiger partial charge >= 0.3 is 0 Å². The SMILES string of the molecule is CC(C)(O[Si](C)(C)C)C(C)(C)[Si](C)(C)C.CC(C)(O[Si](C)(C)C)C(C)(C)[Si](C)(C)C.CC(C)(O[Si](C)(C)C)[Si](C)(C)C. The van der Waals surface area contributed by atoms with Crippen LogP contribution >= 0.6 is 0 Å². The smallest absolute Gasteiger partial charge is 0.184 e. The van der Waals surface area contributed by atoms with Crippen molar-refractivity contribution in [2.75, 3.05) is 0 Å². The molecule has 0 aromatic heterocycles. The quantitative estimate of drug-likeness (QED) is 0.201. The Hall–Kier alpha value is 1.18. The maximum absolute atomic E-state index is 6.39. The molecule has 0 unspecified atom stereocenters. The van der Waals surface area contributed by atoms with E-state index >= 15 is 0 Å². The lowest BCUT2D eigenvalue weighted by molar-refractivity contribution is 0.0564. The van der Waals surface area contributed by atoms with Gasteiger partial charge in [-0.1, -0.05) is 86.6 Å². The third-order valence-corrected chi connectivity index (χ3v) is 26.2. The van der Waals surface area contributed by atoms with E-state index in [1.54, 1.807) is 0 Å². The second kappa shape index (κ2) is 14.5. The highest BCUT2D eigenvalue weighted by Crippen LogP contribution is 2.50. The molecule has 0 bridgehead atoms. The summed E-state index contributed by atoms with van der Waals surface area (Å²) in [4.78, 5) is 0. The van der Waals surface area contributed by atoms with E-state index < -0.39 is 49.2 Å². The maximum Gasteiger partial charge on any atom is 0.184 e. The van der Waals surface area contributed by atoms with Crippen LogP contribution in [0.25, 0.3) is 0 Å². The lowest BCUT2D eigenvalue weighted by Crippen LogP contribution is -2.54. The fraction of sp³-hybridized carbons (Fsp3) is 1.00. The highest BCUT2D eigenvalue weighted by atomic mass is 28.4. The van der Waals surface area contributed by atoms with Crippen molar-refractivity contribution in [2.45, 2.75) is 214 Å². The van der Waals surface area contributed by atoms with Gasteiger partial charge in [-0.05, 0) is 111 Å². The van der Waals surface area contributed by atoms with Gasteiger partial charge in [-0.15, -0.1) is 0 Å². The fourth-order valence-electron chi connectivity index (χ4n) is 4.51. The third-order valence-electron chi connectivity index (χ3n) is 10.3. The maximum atomic E-state index is 6.39. The molecule has 0 N–H and O–H groups in total. The highest BCUT2D eigenvalue weighted by Gasteiger charge is 2.50. The molecule has 0 fully saturated rings. The first-order chi connectivity index (χ1) is 17.4. The summed E-state index contributed by atoms with van der Waals surface area (Å²) in [6, 6.07) is 0. The van der Waals surface area contributed by atoms with Crippen LogP contribution < -0.4 is 0 Å². The molecule has 258 valence electrons. The minimum Gasteiger partial charge on any atom is -0.415 e. The second-order valence-electron chi connectivity index (χ2n) is 21.2. The van der Waals surface area contributed by atoms with Crippen LogP contribution in [0.3, 0.4) is 0 Å². The Bertz CT molecular complexity index is 756. The minimum atomic E-state index is -1.46. The number of rotatable bonds is 11. The molecule has 0 rings (SSSR count). The van der Waals surface area contributed by atoms with Crippen molar-refractivity contribution < 1.29 is 13.3 Å². The Balaban J connectivity index is -0.000000547. The Morgan fingerprint density at radius 3 is 0.571 bits per heavy atom. The van der Waals surface area contributed by atoms with Crippen LogP contribution in [-0.4, -0.2) is 65.6 Å². The van der Waals surface area contributed by atoms with Gasteiger partial charge in [0.05, 0.1) is 35.4 Å². The van der Waals surface area contributed by atoms with Gasteiger partial charge in [-0.25, -0.2) is 0 Å². The van der Waals surface area contributed by atoms with Crippen LogP contribution in [0.4, 0.5) is 0 Å². The summed E-state index contributed by atoms with van der Waals surface area (Å²) in [5.74, 6) is 0. The van der Waals surface area contributed by atoms with Crippen LogP contribution in [0.15, 0.2) is 0 Å². The monoisotopic (exact) mass is 697 g/mol. The van der Waals surface area contributed by atoms with Crippen LogP contribution in [0.5, 0.6) is 0 Å². The molecule has 0 amide bonds. The van der Waals surface area contributed by atoms with Crippen molar-refractivity contribution in [1.82, 2.24) is 0 Å². The van der Waals surface area contributed by atoms with E-state index in [1.807, 2.05) is 0 Å². The first-order valence-corrected chi connectivity index (χ1v) is 37.2. The van der Waals surface area contributed by atoms with Gasteiger partial charge in [-0.2, -0.15) is 0 Å². The summed E-state index contributed by atoms with van der Waals surface area (Å²) in [7, 11) is -7.91. The Labute approximate surface area is 274 Å². The van der Waals surface area contributed by atoms with E-state index in [2.05, 4.69) is 187 Å². The van der Waals surface area contributed by atoms with Gasteiger partial charge in [-0.3, -0.25) is 0 Å². The zero-order valence-electron chi connectivity index (χ0n) is 34.7. The van der Waals surface area contributed by atoms with E-state index in [9.17, 15) is 0 Å².